The minimum Gasteiger partial charge on any atom is -0.370 e. The van der Waals surface area contributed by atoms with E-state index in [1.807, 2.05) is 18.2 Å². The number of carbonyl (C=O) groups is 1. The number of hydrogen-bond acceptors (Lipinski definition) is 4. The van der Waals surface area contributed by atoms with Gasteiger partial charge in [-0.2, -0.15) is 0 Å². The van der Waals surface area contributed by atoms with Crippen LogP contribution in [-0.4, -0.2) is 20.7 Å². The van der Waals surface area contributed by atoms with Crippen molar-refractivity contribution in [2.24, 2.45) is 5.73 Å². The van der Waals surface area contributed by atoms with Crippen molar-refractivity contribution in [3.63, 3.8) is 0 Å². The minimum absolute atomic E-state index is 0.282. The molecular weight excluding hydrogens is 296 g/mol. The van der Waals surface area contributed by atoms with Gasteiger partial charge in [-0.15, -0.1) is 10.2 Å². The van der Waals surface area contributed by atoms with E-state index in [0.717, 1.165) is 23.8 Å². The first-order valence-corrected chi connectivity index (χ1v) is 8.46. The van der Waals surface area contributed by atoms with Gasteiger partial charge >= 0.3 is 0 Å². The van der Waals surface area contributed by atoms with Crippen molar-refractivity contribution in [3.05, 3.63) is 41.7 Å². The van der Waals surface area contributed by atoms with Gasteiger partial charge in [-0.1, -0.05) is 42.1 Å². The molecule has 1 aliphatic rings. The Labute approximate surface area is 134 Å². The molecular formula is C16H20N4OS. The molecule has 1 aromatic heterocycles. The van der Waals surface area contributed by atoms with Gasteiger partial charge in [0.15, 0.2) is 5.16 Å². The summed E-state index contributed by atoms with van der Waals surface area (Å²) >= 11 is 1.68. The number of aromatic nitrogens is 3. The Morgan fingerprint density at radius 1 is 1.36 bits per heavy atom. The Balaban J connectivity index is 1.79. The van der Waals surface area contributed by atoms with Gasteiger partial charge in [0.25, 0.3) is 0 Å². The second kappa shape index (κ2) is 6.52. The van der Waals surface area contributed by atoms with E-state index in [1.54, 1.807) is 11.8 Å². The lowest BCUT2D eigenvalue weighted by atomic mass is 10.2. The van der Waals surface area contributed by atoms with Crippen LogP contribution < -0.4 is 5.73 Å². The van der Waals surface area contributed by atoms with Gasteiger partial charge in [-0.05, 0) is 25.3 Å². The largest absolute Gasteiger partial charge is 0.370 e. The molecule has 2 aromatic rings. The van der Waals surface area contributed by atoms with Crippen LogP contribution in [0.4, 0.5) is 0 Å². The number of primary amides is 1. The number of rotatable bonds is 7. The van der Waals surface area contributed by atoms with E-state index in [2.05, 4.69) is 33.8 Å². The van der Waals surface area contributed by atoms with Crippen molar-refractivity contribution in [1.82, 2.24) is 14.8 Å². The lowest BCUT2D eigenvalue weighted by molar-refractivity contribution is -0.118. The summed E-state index contributed by atoms with van der Waals surface area (Å²) in [6.07, 6.45) is 2.65. The Kier molecular flexibility index (Phi) is 4.47. The zero-order valence-corrected chi connectivity index (χ0v) is 13.4. The highest BCUT2D eigenvalue weighted by molar-refractivity contribution is 7.99. The average molecular weight is 316 g/mol. The molecule has 116 valence electrons. The van der Waals surface area contributed by atoms with Crippen LogP contribution >= 0.6 is 11.8 Å². The molecule has 0 aliphatic heterocycles. The van der Waals surface area contributed by atoms with Crippen molar-refractivity contribution < 1.29 is 4.79 Å². The maximum Gasteiger partial charge on any atom is 0.219 e. The van der Waals surface area contributed by atoms with E-state index in [1.165, 1.54) is 5.56 Å². The zero-order chi connectivity index (χ0) is 15.5. The molecule has 1 unspecified atom stereocenters. The van der Waals surface area contributed by atoms with E-state index in [-0.39, 0.29) is 11.2 Å². The van der Waals surface area contributed by atoms with E-state index in [0.29, 0.717) is 18.9 Å². The maximum atomic E-state index is 11.1. The Morgan fingerprint density at radius 3 is 2.73 bits per heavy atom. The van der Waals surface area contributed by atoms with Crippen LogP contribution in [-0.2, 0) is 11.3 Å². The van der Waals surface area contributed by atoms with Crippen molar-refractivity contribution in [2.75, 3.05) is 0 Å². The van der Waals surface area contributed by atoms with Gasteiger partial charge in [0, 0.05) is 24.1 Å². The van der Waals surface area contributed by atoms with Crippen molar-refractivity contribution in [2.45, 2.75) is 49.1 Å². The minimum atomic E-state index is -0.289. The Bertz CT molecular complexity index is 651. The standard InChI is InChI=1S/C16H20N4OS/c1-11(12-5-3-2-4-6-12)22-16-19-18-15(13-7-8-13)20(16)10-9-14(17)21/h2-6,11,13H,7-10H2,1H3,(H2,17,21). The number of hydrogen-bond donors (Lipinski definition) is 1. The summed E-state index contributed by atoms with van der Waals surface area (Å²) < 4.78 is 2.08. The van der Waals surface area contributed by atoms with Crippen LogP contribution in [0.3, 0.4) is 0 Å². The summed E-state index contributed by atoms with van der Waals surface area (Å²) in [5, 5.41) is 9.84. The molecule has 2 N–H and O–H groups in total. The molecule has 1 aromatic carbocycles. The van der Waals surface area contributed by atoms with Crippen LogP contribution in [0.1, 0.15) is 48.7 Å². The number of nitrogens with two attached hydrogens (primary N) is 1. The third-order valence-corrected chi connectivity index (χ3v) is 4.96. The number of benzene rings is 1. The first kappa shape index (κ1) is 15.1. The topological polar surface area (TPSA) is 73.8 Å². The van der Waals surface area contributed by atoms with Gasteiger partial charge in [0.2, 0.25) is 5.91 Å². The summed E-state index contributed by atoms with van der Waals surface area (Å²) in [5.74, 6) is 1.22. The fourth-order valence-electron chi connectivity index (χ4n) is 2.41. The van der Waals surface area contributed by atoms with Crippen LogP contribution in [0.5, 0.6) is 0 Å². The number of carbonyl (C=O) groups excluding carboxylic acids is 1. The summed E-state index contributed by atoms with van der Waals surface area (Å²) in [6, 6.07) is 10.3. The zero-order valence-electron chi connectivity index (χ0n) is 12.6. The van der Waals surface area contributed by atoms with Crippen molar-refractivity contribution in [1.29, 1.82) is 0 Å². The fourth-order valence-corrected chi connectivity index (χ4v) is 3.42. The van der Waals surface area contributed by atoms with Crippen LogP contribution in [0, 0.1) is 0 Å². The lowest BCUT2D eigenvalue weighted by Gasteiger charge is -2.13. The summed E-state index contributed by atoms with van der Waals surface area (Å²) in [7, 11) is 0. The SMILES string of the molecule is CC(Sc1nnc(C2CC2)n1CCC(N)=O)c1ccccc1. The second-order valence-electron chi connectivity index (χ2n) is 5.65. The van der Waals surface area contributed by atoms with E-state index >= 15 is 0 Å². The molecule has 1 aliphatic carbocycles. The van der Waals surface area contributed by atoms with Crippen LogP contribution in [0.25, 0.3) is 0 Å². The third-order valence-electron chi connectivity index (χ3n) is 3.82. The number of nitrogens with zero attached hydrogens (tertiary/aromatic N) is 3. The van der Waals surface area contributed by atoms with Gasteiger partial charge in [-0.25, -0.2) is 0 Å². The molecule has 22 heavy (non-hydrogen) atoms. The quantitative estimate of drug-likeness (QED) is 0.797. The smallest absolute Gasteiger partial charge is 0.219 e. The highest BCUT2D eigenvalue weighted by Crippen LogP contribution is 2.41. The maximum absolute atomic E-state index is 11.1. The highest BCUT2D eigenvalue weighted by Gasteiger charge is 2.30. The molecule has 1 saturated carbocycles. The molecule has 1 fully saturated rings. The van der Waals surface area contributed by atoms with Gasteiger partial charge in [0.1, 0.15) is 5.82 Å². The Hall–Kier alpha value is -1.82. The van der Waals surface area contributed by atoms with Crippen LogP contribution in [0.2, 0.25) is 0 Å². The molecule has 0 radical (unpaired) electrons. The second-order valence-corrected chi connectivity index (χ2v) is 6.96. The van der Waals surface area contributed by atoms with E-state index in [4.69, 9.17) is 5.73 Å². The van der Waals surface area contributed by atoms with Crippen molar-refractivity contribution >= 4 is 17.7 Å². The average Bonchev–Trinajstić information content (AvgIpc) is 3.28. The molecule has 5 nitrogen and oxygen atoms in total. The first-order valence-electron chi connectivity index (χ1n) is 7.58. The predicted octanol–water partition coefficient (Wildman–Crippen LogP) is 2.88. The fraction of sp³-hybridized carbons (Fsp3) is 0.438. The van der Waals surface area contributed by atoms with E-state index in [9.17, 15) is 4.79 Å². The molecule has 1 heterocycles. The van der Waals surface area contributed by atoms with Crippen molar-refractivity contribution in [3.8, 4) is 0 Å². The van der Waals surface area contributed by atoms with Gasteiger partial charge in [0.05, 0.1) is 0 Å². The first-order chi connectivity index (χ1) is 10.6. The van der Waals surface area contributed by atoms with Crippen LogP contribution in [0.15, 0.2) is 35.5 Å². The van der Waals surface area contributed by atoms with Gasteiger partial charge < -0.3 is 10.3 Å². The number of amides is 1. The normalized spacial score (nSPS) is 15.7. The molecule has 1 atom stereocenters. The summed E-state index contributed by atoms with van der Waals surface area (Å²) in [4.78, 5) is 11.1. The number of thioether (sulfide) groups is 1. The lowest BCUT2D eigenvalue weighted by Crippen LogP contribution is -2.15. The Morgan fingerprint density at radius 2 is 2.09 bits per heavy atom. The van der Waals surface area contributed by atoms with Gasteiger partial charge in [-0.3, -0.25) is 4.79 Å². The molecule has 0 spiro atoms. The predicted molar refractivity (Wildman–Crippen MR) is 86.5 cm³/mol. The molecule has 3 rings (SSSR count). The molecule has 6 heteroatoms. The highest BCUT2D eigenvalue weighted by atomic mass is 32.2. The molecule has 0 saturated heterocycles. The van der Waals surface area contributed by atoms with E-state index < -0.39 is 0 Å². The molecule has 1 amide bonds. The monoisotopic (exact) mass is 316 g/mol. The summed E-state index contributed by atoms with van der Waals surface area (Å²) in [5.41, 5.74) is 6.55. The summed E-state index contributed by atoms with van der Waals surface area (Å²) in [6.45, 7) is 2.72. The molecule has 0 bridgehead atoms. The third kappa shape index (κ3) is 3.50.